The molecule has 6 nitrogen and oxygen atoms in total. The first-order valence-electron chi connectivity index (χ1n) is 31.1. The molecule has 0 aliphatic carbocycles. The highest BCUT2D eigenvalue weighted by molar-refractivity contribution is 5.76. The molecule has 0 spiro atoms. The number of carbonyl (C=O) groups is 2. The molecule has 0 heterocycles. The average Bonchev–Trinajstić information content (AvgIpc) is 3.35. The summed E-state index contributed by atoms with van der Waals surface area (Å²) in [5.41, 5.74) is 0. The number of hydrogen-bond donors (Lipinski definition) is 3. The largest absolute Gasteiger partial charge is 0.466 e. The molecule has 408 valence electrons. The van der Waals surface area contributed by atoms with Crippen LogP contribution >= 0.6 is 0 Å². The van der Waals surface area contributed by atoms with Crippen molar-refractivity contribution >= 4 is 11.9 Å². The molecule has 0 radical (unpaired) electrons. The van der Waals surface area contributed by atoms with Crippen LogP contribution in [-0.4, -0.2) is 47.4 Å². The van der Waals surface area contributed by atoms with Gasteiger partial charge in [0.05, 0.1) is 25.4 Å². The van der Waals surface area contributed by atoms with Crippen LogP contribution in [0.25, 0.3) is 0 Å². The molecule has 69 heavy (non-hydrogen) atoms. The van der Waals surface area contributed by atoms with Gasteiger partial charge in [0, 0.05) is 12.8 Å². The molecule has 3 N–H and O–H groups in total. The van der Waals surface area contributed by atoms with Gasteiger partial charge >= 0.3 is 5.97 Å². The van der Waals surface area contributed by atoms with Crippen molar-refractivity contribution in [2.75, 3.05) is 13.2 Å². The SMILES string of the molecule is CCCC/C=C\CCCCCCCC(=O)OCCCCCCCCCCCCCCCCCCCCCCCCCC(=O)NC(CO)C(O)/C=C/CCCCCCCCCCCCCCCCCC. The van der Waals surface area contributed by atoms with Gasteiger partial charge in [-0.1, -0.05) is 301 Å². The summed E-state index contributed by atoms with van der Waals surface area (Å²) in [7, 11) is 0. The molecule has 1 amide bonds. The van der Waals surface area contributed by atoms with Crippen molar-refractivity contribution in [1.82, 2.24) is 5.32 Å². The van der Waals surface area contributed by atoms with Gasteiger partial charge in [-0.05, 0) is 51.4 Å². The highest BCUT2D eigenvalue weighted by Crippen LogP contribution is 2.18. The minimum Gasteiger partial charge on any atom is -0.466 e. The van der Waals surface area contributed by atoms with E-state index in [1.807, 2.05) is 6.08 Å². The molecule has 0 saturated heterocycles. The fraction of sp³-hybridized carbons (Fsp3) is 0.905. The van der Waals surface area contributed by atoms with Crippen LogP contribution in [0.1, 0.15) is 341 Å². The van der Waals surface area contributed by atoms with Crippen LogP contribution in [0.2, 0.25) is 0 Å². The van der Waals surface area contributed by atoms with Gasteiger partial charge in [-0.15, -0.1) is 0 Å². The molecular weight excluding hydrogens is 851 g/mol. The van der Waals surface area contributed by atoms with E-state index in [9.17, 15) is 19.8 Å². The first-order valence-corrected chi connectivity index (χ1v) is 31.1. The van der Waals surface area contributed by atoms with Crippen LogP contribution in [0, 0.1) is 0 Å². The summed E-state index contributed by atoms with van der Waals surface area (Å²) >= 11 is 0. The minimum absolute atomic E-state index is 0.00305. The highest BCUT2D eigenvalue weighted by Gasteiger charge is 2.18. The monoisotopic (exact) mass is 972 g/mol. The van der Waals surface area contributed by atoms with Crippen LogP contribution in [-0.2, 0) is 14.3 Å². The summed E-state index contributed by atoms with van der Waals surface area (Å²) in [6.07, 6.45) is 72.2. The van der Waals surface area contributed by atoms with E-state index in [2.05, 4.69) is 31.3 Å². The number of nitrogens with one attached hydrogen (secondary N) is 1. The smallest absolute Gasteiger partial charge is 0.305 e. The zero-order valence-corrected chi connectivity index (χ0v) is 46.6. The zero-order chi connectivity index (χ0) is 50.0. The molecule has 0 saturated carbocycles. The second-order valence-electron chi connectivity index (χ2n) is 21.4. The van der Waals surface area contributed by atoms with Crippen molar-refractivity contribution in [3.63, 3.8) is 0 Å². The van der Waals surface area contributed by atoms with Gasteiger partial charge in [-0.3, -0.25) is 9.59 Å². The molecule has 2 unspecified atom stereocenters. The summed E-state index contributed by atoms with van der Waals surface area (Å²) < 4.78 is 5.46. The molecule has 0 aromatic carbocycles. The Morgan fingerprint density at radius 2 is 0.696 bits per heavy atom. The van der Waals surface area contributed by atoms with Crippen molar-refractivity contribution in [3.8, 4) is 0 Å². The molecule has 0 aromatic heterocycles. The molecule has 2 atom stereocenters. The standard InChI is InChI=1S/C63H121NO5/c1-3-5-7-9-11-13-15-16-17-18-26-29-32-36-39-43-47-51-55-61(66)60(59-65)64-62(67)56-52-48-44-40-37-33-30-27-24-22-20-19-21-23-25-28-31-34-38-42-46-50-54-58-69-63(68)57-53-49-45-41-35-14-12-10-8-6-4-2/h10,12,51,55,60-61,65-66H,3-9,11,13-50,52-54,56-59H2,1-2H3,(H,64,67)/b12-10-,55-51+. The van der Waals surface area contributed by atoms with Crippen LogP contribution in [0.15, 0.2) is 24.3 Å². The van der Waals surface area contributed by atoms with Gasteiger partial charge in [0.1, 0.15) is 0 Å². The van der Waals surface area contributed by atoms with Gasteiger partial charge in [0.25, 0.3) is 0 Å². The fourth-order valence-electron chi connectivity index (χ4n) is 9.68. The number of unbranched alkanes of at least 4 members (excludes halogenated alkanes) is 45. The quantitative estimate of drug-likeness (QED) is 0.0321. The van der Waals surface area contributed by atoms with Crippen molar-refractivity contribution in [2.45, 2.75) is 353 Å². The van der Waals surface area contributed by atoms with Gasteiger partial charge in [-0.25, -0.2) is 0 Å². The number of hydrogen-bond acceptors (Lipinski definition) is 5. The van der Waals surface area contributed by atoms with E-state index < -0.39 is 12.1 Å². The topological polar surface area (TPSA) is 95.9 Å². The summed E-state index contributed by atoms with van der Waals surface area (Å²) in [4.78, 5) is 24.5. The lowest BCUT2D eigenvalue weighted by molar-refractivity contribution is -0.143. The molecule has 0 aliphatic rings. The Morgan fingerprint density at radius 1 is 0.391 bits per heavy atom. The Hall–Kier alpha value is -1.66. The van der Waals surface area contributed by atoms with E-state index >= 15 is 0 Å². The first-order chi connectivity index (χ1) is 34.0. The summed E-state index contributed by atoms with van der Waals surface area (Å²) in [5, 5.41) is 23.2. The van der Waals surface area contributed by atoms with Crippen LogP contribution in [0.5, 0.6) is 0 Å². The number of allylic oxidation sites excluding steroid dienone is 3. The number of carbonyl (C=O) groups excluding carboxylic acids is 2. The lowest BCUT2D eigenvalue weighted by Gasteiger charge is -2.20. The normalized spacial score (nSPS) is 12.7. The second-order valence-corrected chi connectivity index (χ2v) is 21.4. The predicted molar refractivity (Wildman–Crippen MR) is 301 cm³/mol. The lowest BCUT2D eigenvalue weighted by atomic mass is 10.0. The third-order valence-electron chi connectivity index (χ3n) is 14.5. The van der Waals surface area contributed by atoms with Crippen molar-refractivity contribution < 1.29 is 24.5 Å². The third-order valence-corrected chi connectivity index (χ3v) is 14.5. The molecule has 6 heteroatoms. The van der Waals surface area contributed by atoms with Gasteiger partial charge in [0.2, 0.25) is 5.91 Å². The maximum absolute atomic E-state index is 12.5. The van der Waals surface area contributed by atoms with Crippen LogP contribution < -0.4 is 5.32 Å². The van der Waals surface area contributed by atoms with E-state index in [4.69, 9.17) is 4.74 Å². The van der Waals surface area contributed by atoms with E-state index in [1.54, 1.807) is 6.08 Å². The Bertz CT molecular complexity index is 1080. The summed E-state index contributed by atoms with van der Waals surface area (Å²) in [6, 6.07) is -0.627. The van der Waals surface area contributed by atoms with E-state index in [0.29, 0.717) is 19.4 Å². The number of ether oxygens (including phenoxy) is 1. The predicted octanol–water partition coefficient (Wildman–Crippen LogP) is 19.4. The van der Waals surface area contributed by atoms with Gasteiger partial charge in [-0.2, -0.15) is 0 Å². The molecule has 0 aliphatic heterocycles. The number of aliphatic hydroxyl groups excluding tert-OH is 2. The van der Waals surface area contributed by atoms with Crippen molar-refractivity contribution in [1.29, 1.82) is 0 Å². The van der Waals surface area contributed by atoms with Gasteiger partial charge < -0.3 is 20.3 Å². The number of amides is 1. The van der Waals surface area contributed by atoms with Crippen LogP contribution in [0.3, 0.4) is 0 Å². The average molecular weight is 973 g/mol. The zero-order valence-electron chi connectivity index (χ0n) is 46.6. The van der Waals surface area contributed by atoms with E-state index in [1.165, 1.54) is 270 Å². The van der Waals surface area contributed by atoms with Crippen LogP contribution in [0.4, 0.5) is 0 Å². The maximum atomic E-state index is 12.5. The Kier molecular flexibility index (Phi) is 57.5. The Morgan fingerprint density at radius 3 is 1.07 bits per heavy atom. The summed E-state index contributed by atoms with van der Waals surface area (Å²) in [5.74, 6) is -0.0619. The first kappa shape index (κ1) is 67.3. The molecule has 0 aromatic rings. The molecular formula is C63H121NO5. The number of esters is 1. The number of aliphatic hydroxyl groups is 2. The van der Waals surface area contributed by atoms with Crippen molar-refractivity contribution in [2.24, 2.45) is 0 Å². The second kappa shape index (κ2) is 58.9. The van der Waals surface area contributed by atoms with Gasteiger partial charge in [0.15, 0.2) is 0 Å². The minimum atomic E-state index is -0.844. The number of rotatable bonds is 58. The fourth-order valence-corrected chi connectivity index (χ4v) is 9.68. The Labute approximate surface area is 431 Å². The highest BCUT2D eigenvalue weighted by atomic mass is 16.5. The molecule has 0 fully saturated rings. The Balaban J connectivity index is 3.41. The third kappa shape index (κ3) is 55.5. The molecule has 0 bridgehead atoms. The summed E-state index contributed by atoms with van der Waals surface area (Å²) in [6.45, 7) is 4.89. The molecule has 0 rings (SSSR count). The maximum Gasteiger partial charge on any atom is 0.305 e. The van der Waals surface area contributed by atoms with E-state index in [-0.39, 0.29) is 18.5 Å². The lowest BCUT2D eigenvalue weighted by Crippen LogP contribution is -2.45. The van der Waals surface area contributed by atoms with E-state index in [0.717, 1.165) is 44.9 Å². The van der Waals surface area contributed by atoms with Crippen molar-refractivity contribution in [3.05, 3.63) is 24.3 Å².